The number of nitriles is 1. The van der Waals surface area contributed by atoms with Crippen LogP contribution >= 0.6 is 0 Å². The van der Waals surface area contributed by atoms with Gasteiger partial charge in [0, 0.05) is 45.3 Å². The Morgan fingerprint density at radius 2 is 1.84 bits per heavy atom. The van der Waals surface area contributed by atoms with E-state index < -0.39 is 17.4 Å². The number of aliphatic hydroxyl groups excluding tert-OH is 1. The Kier molecular flexibility index (Phi) is 6.83. The molecular formula is C22H29N5O4. The number of benzene rings is 1. The van der Waals surface area contributed by atoms with Crippen molar-refractivity contribution in [1.82, 2.24) is 14.5 Å². The van der Waals surface area contributed by atoms with Crippen molar-refractivity contribution in [3.05, 3.63) is 56.7 Å². The highest BCUT2D eigenvalue weighted by molar-refractivity contribution is 5.37. The van der Waals surface area contributed by atoms with Gasteiger partial charge in [-0.1, -0.05) is 0 Å². The average Bonchev–Trinajstić information content (AvgIpc) is 2.74. The van der Waals surface area contributed by atoms with Gasteiger partial charge in [0.05, 0.1) is 11.6 Å². The Hall–Kier alpha value is -3.09. The monoisotopic (exact) mass is 427 g/mol. The molecule has 1 saturated heterocycles. The third-order valence-corrected chi connectivity index (χ3v) is 5.63. The summed E-state index contributed by atoms with van der Waals surface area (Å²) in [4.78, 5) is 31.0. The quantitative estimate of drug-likeness (QED) is 0.671. The first-order valence-electron chi connectivity index (χ1n) is 10.4. The van der Waals surface area contributed by atoms with Gasteiger partial charge >= 0.3 is 5.69 Å². The smallest absolute Gasteiger partial charge is 0.329 e. The van der Waals surface area contributed by atoms with Gasteiger partial charge in [0.1, 0.15) is 23.3 Å². The molecule has 1 fully saturated rings. The highest BCUT2D eigenvalue weighted by Gasteiger charge is 2.32. The Morgan fingerprint density at radius 1 is 1.19 bits per heavy atom. The Morgan fingerprint density at radius 3 is 2.39 bits per heavy atom. The number of anilines is 1. The summed E-state index contributed by atoms with van der Waals surface area (Å²) >= 11 is 0. The fourth-order valence-electron chi connectivity index (χ4n) is 3.58. The van der Waals surface area contributed by atoms with Crippen molar-refractivity contribution in [3.8, 4) is 11.8 Å². The van der Waals surface area contributed by atoms with Crippen LogP contribution in [0.4, 0.5) is 5.82 Å². The van der Waals surface area contributed by atoms with E-state index in [0.29, 0.717) is 56.4 Å². The molecule has 9 nitrogen and oxygen atoms in total. The fraction of sp³-hybridized carbons (Fsp3) is 0.500. The first-order chi connectivity index (χ1) is 14.7. The highest BCUT2D eigenvalue weighted by Crippen LogP contribution is 2.23. The van der Waals surface area contributed by atoms with E-state index in [1.807, 2.05) is 18.7 Å². The number of aromatic amines is 1. The van der Waals surface area contributed by atoms with E-state index in [2.05, 4.69) is 16.0 Å². The molecule has 1 aromatic carbocycles. The van der Waals surface area contributed by atoms with E-state index in [-0.39, 0.29) is 5.56 Å². The molecular weight excluding hydrogens is 398 g/mol. The van der Waals surface area contributed by atoms with Gasteiger partial charge in [0.2, 0.25) is 0 Å². The maximum Gasteiger partial charge on any atom is 0.329 e. The van der Waals surface area contributed by atoms with Crippen LogP contribution in [0.25, 0.3) is 0 Å². The van der Waals surface area contributed by atoms with Crippen LogP contribution in [-0.2, 0) is 6.54 Å². The average molecular weight is 428 g/mol. The van der Waals surface area contributed by atoms with E-state index in [1.54, 1.807) is 31.2 Å². The number of aliphatic hydroxyl groups is 1. The summed E-state index contributed by atoms with van der Waals surface area (Å²) in [5, 5.41) is 19.7. The molecule has 1 atom stereocenters. The number of H-pyrrole nitrogens is 1. The van der Waals surface area contributed by atoms with Crippen molar-refractivity contribution in [2.45, 2.75) is 39.0 Å². The molecule has 2 heterocycles. The predicted octanol–water partition coefficient (Wildman–Crippen LogP) is 0.769. The van der Waals surface area contributed by atoms with Crippen molar-refractivity contribution in [2.75, 3.05) is 37.6 Å². The minimum absolute atomic E-state index is 0.305. The molecule has 2 aromatic rings. The number of nitrogens with one attached hydrogen (secondary N) is 1. The Balaban J connectivity index is 1.56. The molecule has 166 valence electrons. The Bertz CT molecular complexity index is 1010. The number of piperazine rings is 1. The number of nitrogens with zero attached hydrogens (tertiary/aromatic N) is 4. The lowest BCUT2D eigenvalue weighted by molar-refractivity contribution is -0.0449. The zero-order valence-electron chi connectivity index (χ0n) is 18.2. The van der Waals surface area contributed by atoms with Gasteiger partial charge in [-0.25, -0.2) is 4.79 Å². The molecule has 0 radical (unpaired) electrons. The van der Waals surface area contributed by atoms with Crippen LogP contribution in [0.1, 0.15) is 26.3 Å². The van der Waals surface area contributed by atoms with Gasteiger partial charge in [-0.3, -0.25) is 19.2 Å². The van der Waals surface area contributed by atoms with E-state index in [0.717, 1.165) is 4.57 Å². The number of hydrogen-bond donors (Lipinski definition) is 2. The second-order valence-electron chi connectivity index (χ2n) is 8.19. The fourth-order valence-corrected chi connectivity index (χ4v) is 3.58. The van der Waals surface area contributed by atoms with Crippen LogP contribution in [0.15, 0.2) is 39.9 Å². The van der Waals surface area contributed by atoms with E-state index in [9.17, 15) is 14.7 Å². The number of aromatic nitrogens is 2. The summed E-state index contributed by atoms with van der Waals surface area (Å²) in [6, 6.07) is 10.3. The summed E-state index contributed by atoms with van der Waals surface area (Å²) in [5.74, 6) is 1.13. The van der Waals surface area contributed by atoms with Crippen molar-refractivity contribution in [3.63, 3.8) is 0 Å². The van der Waals surface area contributed by atoms with Crippen molar-refractivity contribution < 1.29 is 9.84 Å². The Labute approximate surface area is 181 Å². The third kappa shape index (κ3) is 5.34. The zero-order valence-corrected chi connectivity index (χ0v) is 18.2. The minimum Gasteiger partial charge on any atom is -0.485 e. The first-order valence-corrected chi connectivity index (χ1v) is 10.4. The molecule has 0 bridgehead atoms. The van der Waals surface area contributed by atoms with Gasteiger partial charge in [-0.2, -0.15) is 5.26 Å². The van der Waals surface area contributed by atoms with Crippen molar-refractivity contribution >= 4 is 5.82 Å². The molecule has 31 heavy (non-hydrogen) atoms. The number of rotatable bonds is 7. The van der Waals surface area contributed by atoms with Crippen LogP contribution < -0.4 is 20.9 Å². The predicted molar refractivity (Wildman–Crippen MR) is 118 cm³/mol. The second kappa shape index (κ2) is 9.37. The van der Waals surface area contributed by atoms with Crippen molar-refractivity contribution in [1.29, 1.82) is 5.26 Å². The lowest BCUT2D eigenvalue weighted by Gasteiger charge is -2.39. The molecule has 1 aromatic heterocycles. The molecule has 0 aliphatic carbocycles. The lowest BCUT2D eigenvalue weighted by Crippen LogP contribution is -2.54. The molecule has 0 saturated carbocycles. The van der Waals surface area contributed by atoms with Gasteiger partial charge in [0.25, 0.3) is 5.56 Å². The van der Waals surface area contributed by atoms with Crippen molar-refractivity contribution in [2.24, 2.45) is 0 Å². The standard InChI is InChI=1S/C22H29N5O4/c1-4-27-20(29)13-19(24-21(27)30)26-11-9-25(10-12-26)15-18(28)22(2,3)31-17-7-5-16(14-23)6-8-17/h5-8,13,18,28H,4,9-12,15H2,1-3H3,(H,24,30). The van der Waals surface area contributed by atoms with Crippen LogP contribution in [0.2, 0.25) is 0 Å². The van der Waals surface area contributed by atoms with Crippen LogP contribution in [0, 0.1) is 11.3 Å². The summed E-state index contributed by atoms with van der Waals surface area (Å²) < 4.78 is 7.13. The summed E-state index contributed by atoms with van der Waals surface area (Å²) in [5.41, 5.74) is -0.969. The van der Waals surface area contributed by atoms with Gasteiger partial charge in [-0.15, -0.1) is 0 Å². The molecule has 1 unspecified atom stereocenters. The van der Waals surface area contributed by atoms with E-state index in [4.69, 9.17) is 10.00 Å². The topological polar surface area (TPSA) is 115 Å². The molecule has 0 amide bonds. The maximum atomic E-state index is 12.1. The summed E-state index contributed by atoms with van der Waals surface area (Å²) in [6.45, 7) is 8.83. The highest BCUT2D eigenvalue weighted by atomic mass is 16.5. The molecule has 1 aliphatic rings. The molecule has 9 heteroatoms. The lowest BCUT2D eigenvalue weighted by atomic mass is 10.0. The van der Waals surface area contributed by atoms with Crippen LogP contribution in [-0.4, -0.2) is 64.0 Å². The van der Waals surface area contributed by atoms with Crippen LogP contribution in [0.5, 0.6) is 5.75 Å². The molecule has 3 rings (SSSR count). The largest absolute Gasteiger partial charge is 0.485 e. The van der Waals surface area contributed by atoms with E-state index in [1.165, 1.54) is 6.07 Å². The van der Waals surface area contributed by atoms with Crippen LogP contribution in [0.3, 0.4) is 0 Å². The number of β-amino-alcohol motifs (C(OH)–C–C–N with tert-alkyl or cyclic N) is 1. The normalized spacial score (nSPS) is 16.0. The maximum absolute atomic E-state index is 12.1. The van der Waals surface area contributed by atoms with Gasteiger partial charge in [-0.05, 0) is 45.0 Å². The van der Waals surface area contributed by atoms with E-state index >= 15 is 0 Å². The SMILES string of the molecule is CCn1c(=O)cc(N2CCN(CC(O)C(C)(C)Oc3ccc(C#N)cc3)CC2)[nH]c1=O. The minimum atomic E-state index is -0.818. The molecule has 2 N–H and O–H groups in total. The second-order valence-corrected chi connectivity index (χ2v) is 8.19. The number of hydrogen-bond acceptors (Lipinski definition) is 7. The molecule has 0 spiro atoms. The number of ether oxygens (including phenoxy) is 1. The molecule has 1 aliphatic heterocycles. The van der Waals surface area contributed by atoms with Gasteiger partial charge in [0.15, 0.2) is 0 Å². The third-order valence-electron chi connectivity index (χ3n) is 5.63. The zero-order chi connectivity index (χ0) is 22.6. The summed E-state index contributed by atoms with van der Waals surface area (Å²) in [7, 11) is 0. The first kappa shape index (κ1) is 22.6. The van der Waals surface area contributed by atoms with Gasteiger partial charge < -0.3 is 14.7 Å². The summed E-state index contributed by atoms with van der Waals surface area (Å²) in [6.07, 6.45) is -0.733.